The number of pyridine rings is 1. The van der Waals surface area contributed by atoms with Crippen molar-refractivity contribution in [2.45, 2.75) is 6.54 Å². The number of benzene rings is 2. The Kier molecular flexibility index (Phi) is 5.77. The number of aromatic nitrogens is 1. The first-order valence-corrected chi connectivity index (χ1v) is 8.40. The highest BCUT2D eigenvalue weighted by molar-refractivity contribution is 6.29. The molecule has 130 valence electrons. The van der Waals surface area contributed by atoms with E-state index >= 15 is 0 Å². The second-order valence-electron chi connectivity index (χ2n) is 5.67. The Morgan fingerprint density at radius 2 is 1.88 bits per heavy atom. The van der Waals surface area contributed by atoms with Crippen LogP contribution in [0.1, 0.15) is 11.1 Å². The van der Waals surface area contributed by atoms with Gasteiger partial charge in [0.25, 0.3) is 0 Å². The molecule has 0 aliphatic rings. The Bertz CT molecular complexity index is 922. The van der Waals surface area contributed by atoms with Crippen LogP contribution >= 0.6 is 11.6 Å². The summed E-state index contributed by atoms with van der Waals surface area (Å²) in [6.07, 6.45) is 4.79. The molecule has 0 spiro atoms. The molecular formula is C21H16ClFN2O. The van der Waals surface area contributed by atoms with Gasteiger partial charge in [0, 0.05) is 24.4 Å². The first-order valence-electron chi connectivity index (χ1n) is 8.02. The molecule has 1 amide bonds. The van der Waals surface area contributed by atoms with Crippen LogP contribution in [0.15, 0.2) is 72.9 Å². The van der Waals surface area contributed by atoms with Gasteiger partial charge in [-0.1, -0.05) is 41.9 Å². The minimum atomic E-state index is -0.303. The van der Waals surface area contributed by atoms with E-state index in [0.29, 0.717) is 11.7 Å². The zero-order valence-corrected chi connectivity index (χ0v) is 14.6. The van der Waals surface area contributed by atoms with E-state index in [0.717, 1.165) is 22.3 Å². The maximum Gasteiger partial charge on any atom is 0.244 e. The summed E-state index contributed by atoms with van der Waals surface area (Å²) in [6.45, 7) is 0.404. The van der Waals surface area contributed by atoms with Crippen molar-refractivity contribution in [3.05, 3.63) is 95.0 Å². The van der Waals surface area contributed by atoms with Crippen LogP contribution in [0, 0.1) is 5.82 Å². The fraction of sp³-hybridized carbons (Fsp3) is 0.0476. The molecule has 0 saturated carbocycles. The molecule has 3 aromatic rings. The maximum atomic E-state index is 12.9. The third kappa shape index (κ3) is 5.01. The van der Waals surface area contributed by atoms with Gasteiger partial charge >= 0.3 is 0 Å². The highest BCUT2D eigenvalue weighted by atomic mass is 35.5. The second-order valence-corrected chi connectivity index (χ2v) is 6.06. The van der Waals surface area contributed by atoms with E-state index in [1.807, 2.05) is 30.3 Å². The molecule has 0 saturated heterocycles. The molecule has 3 nitrogen and oxygen atoms in total. The van der Waals surface area contributed by atoms with Gasteiger partial charge in [0.15, 0.2) is 0 Å². The summed E-state index contributed by atoms with van der Waals surface area (Å²) < 4.78 is 12.9. The van der Waals surface area contributed by atoms with E-state index in [9.17, 15) is 9.18 Å². The summed E-state index contributed by atoms with van der Waals surface area (Å²) in [7, 11) is 0. The molecule has 0 radical (unpaired) electrons. The molecule has 5 heteroatoms. The van der Waals surface area contributed by atoms with Gasteiger partial charge in [0.1, 0.15) is 11.0 Å². The summed E-state index contributed by atoms with van der Waals surface area (Å²) in [5, 5.41) is 3.28. The third-order valence-corrected chi connectivity index (χ3v) is 3.98. The first kappa shape index (κ1) is 17.8. The van der Waals surface area contributed by atoms with Gasteiger partial charge in [0.05, 0.1) is 0 Å². The normalized spacial score (nSPS) is 10.8. The van der Waals surface area contributed by atoms with E-state index in [1.54, 1.807) is 30.5 Å². The van der Waals surface area contributed by atoms with E-state index in [1.165, 1.54) is 18.2 Å². The molecule has 26 heavy (non-hydrogen) atoms. The van der Waals surface area contributed by atoms with Crippen LogP contribution in [0.4, 0.5) is 4.39 Å². The molecule has 3 rings (SSSR count). The number of nitrogens with one attached hydrogen (secondary N) is 1. The lowest BCUT2D eigenvalue weighted by Gasteiger charge is -2.06. The van der Waals surface area contributed by atoms with Crippen LogP contribution in [0.2, 0.25) is 5.15 Å². The average molecular weight is 367 g/mol. The number of nitrogens with zero attached hydrogens (tertiary/aromatic N) is 1. The van der Waals surface area contributed by atoms with Crippen molar-refractivity contribution in [3.8, 4) is 11.1 Å². The summed E-state index contributed by atoms with van der Waals surface area (Å²) in [5.41, 5.74) is 3.70. The summed E-state index contributed by atoms with van der Waals surface area (Å²) in [4.78, 5) is 16.0. The fourth-order valence-corrected chi connectivity index (χ4v) is 2.51. The van der Waals surface area contributed by atoms with E-state index < -0.39 is 0 Å². The molecule has 0 bridgehead atoms. The molecule has 0 fully saturated rings. The molecule has 1 N–H and O–H groups in total. The predicted octanol–water partition coefficient (Wildman–Crippen LogP) is 4.87. The number of amides is 1. The van der Waals surface area contributed by atoms with Gasteiger partial charge in [0.2, 0.25) is 5.91 Å². The highest BCUT2D eigenvalue weighted by Gasteiger charge is 2.02. The number of carbonyl (C=O) groups excluding carboxylic acids is 1. The Labute approximate surface area is 156 Å². The van der Waals surface area contributed by atoms with Gasteiger partial charge in [-0.15, -0.1) is 0 Å². The highest BCUT2D eigenvalue weighted by Crippen LogP contribution is 2.20. The van der Waals surface area contributed by atoms with Crippen LogP contribution in [0.3, 0.4) is 0 Å². The minimum absolute atomic E-state index is 0.215. The van der Waals surface area contributed by atoms with Crippen molar-refractivity contribution in [1.82, 2.24) is 10.3 Å². The predicted molar refractivity (Wildman–Crippen MR) is 102 cm³/mol. The quantitative estimate of drug-likeness (QED) is 0.517. The molecule has 0 atom stereocenters. The van der Waals surface area contributed by atoms with Crippen molar-refractivity contribution in [3.63, 3.8) is 0 Å². The number of halogens is 2. The van der Waals surface area contributed by atoms with Crippen LogP contribution < -0.4 is 5.32 Å². The van der Waals surface area contributed by atoms with Crippen LogP contribution in [-0.4, -0.2) is 10.9 Å². The lowest BCUT2D eigenvalue weighted by molar-refractivity contribution is -0.116. The molecule has 0 aliphatic carbocycles. The zero-order chi connectivity index (χ0) is 18.4. The Balaban J connectivity index is 1.60. The largest absolute Gasteiger partial charge is 0.348 e. The molecule has 1 aromatic heterocycles. The number of rotatable bonds is 5. The van der Waals surface area contributed by atoms with Gasteiger partial charge in [-0.3, -0.25) is 4.79 Å². The molecule has 0 aliphatic heterocycles. The van der Waals surface area contributed by atoms with Gasteiger partial charge < -0.3 is 5.32 Å². The van der Waals surface area contributed by atoms with Crippen molar-refractivity contribution in [1.29, 1.82) is 0 Å². The Hall–Kier alpha value is -2.98. The van der Waals surface area contributed by atoms with E-state index in [2.05, 4.69) is 10.3 Å². The van der Waals surface area contributed by atoms with E-state index in [4.69, 9.17) is 11.6 Å². The van der Waals surface area contributed by atoms with Crippen LogP contribution in [-0.2, 0) is 11.3 Å². The SMILES string of the molecule is O=C(/C=C/c1ccc(F)cc1)NCc1cccc(-c2ccc(Cl)nc2)c1. The minimum Gasteiger partial charge on any atom is -0.348 e. The second kappa shape index (κ2) is 8.41. The monoisotopic (exact) mass is 366 g/mol. The average Bonchev–Trinajstić information content (AvgIpc) is 2.67. The number of hydrogen-bond acceptors (Lipinski definition) is 2. The van der Waals surface area contributed by atoms with Crippen LogP contribution in [0.25, 0.3) is 17.2 Å². The van der Waals surface area contributed by atoms with Gasteiger partial charge in [-0.25, -0.2) is 9.37 Å². The molecular weight excluding hydrogens is 351 g/mol. The first-order chi connectivity index (χ1) is 12.6. The van der Waals surface area contributed by atoms with Crippen molar-refractivity contribution >= 4 is 23.6 Å². The van der Waals surface area contributed by atoms with E-state index in [-0.39, 0.29) is 11.7 Å². The summed E-state index contributed by atoms with van der Waals surface area (Å²) in [5.74, 6) is -0.518. The molecule has 0 unspecified atom stereocenters. The Morgan fingerprint density at radius 3 is 2.62 bits per heavy atom. The van der Waals surface area contributed by atoms with Gasteiger partial charge in [-0.05, 0) is 53.1 Å². The Morgan fingerprint density at radius 1 is 1.08 bits per heavy atom. The summed E-state index contributed by atoms with van der Waals surface area (Å²) in [6, 6.07) is 17.4. The van der Waals surface area contributed by atoms with Crippen LogP contribution in [0.5, 0.6) is 0 Å². The zero-order valence-electron chi connectivity index (χ0n) is 13.8. The molecule has 1 heterocycles. The summed E-state index contributed by atoms with van der Waals surface area (Å²) >= 11 is 5.81. The standard InChI is InChI=1S/C21H16ClFN2O/c22-20-10-7-18(14-24-20)17-3-1-2-16(12-17)13-25-21(26)11-6-15-4-8-19(23)9-5-15/h1-12,14H,13H2,(H,25,26)/b11-6+. The number of carbonyl (C=O) groups is 1. The lowest BCUT2D eigenvalue weighted by atomic mass is 10.0. The molecule has 2 aromatic carbocycles. The fourth-order valence-electron chi connectivity index (χ4n) is 2.40. The van der Waals surface area contributed by atoms with Crippen molar-refractivity contribution in [2.75, 3.05) is 0 Å². The van der Waals surface area contributed by atoms with Gasteiger partial charge in [-0.2, -0.15) is 0 Å². The lowest BCUT2D eigenvalue weighted by Crippen LogP contribution is -2.20. The van der Waals surface area contributed by atoms with Crippen molar-refractivity contribution in [2.24, 2.45) is 0 Å². The number of hydrogen-bond donors (Lipinski definition) is 1. The third-order valence-electron chi connectivity index (χ3n) is 3.75. The smallest absolute Gasteiger partial charge is 0.244 e. The maximum absolute atomic E-state index is 12.9. The van der Waals surface area contributed by atoms with Crippen molar-refractivity contribution < 1.29 is 9.18 Å². The topological polar surface area (TPSA) is 42.0 Å².